The van der Waals surface area contributed by atoms with Gasteiger partial charge in [-0.2, -0.15) is 0 Å². The van der Waals surface area contributed by atoms with Gasteiger partial charge in [0.2, 0.25) is 11.8 Å². The van der Waals surface area contributed by atoms with Crippen LogP contribution in [0.1, 0.15) is 32.3 Å². The third-order valence-electron chi connectivity index (χ3n) is 7.32. The summed E-state index contributed by atoms with van der Waals surface area (Å²) in [7, 11) is 2.78. The molecule has 3 aromatic rings. The number of anilines is 1. The molecule has 12 nitrogen and oxygen atoms in total. The third kappa shape index (κ3) is 8.33. The molecular formula is C33H43N3O9S. The first-order valence-electron chi connectivity index (χ1n) is 14.7. The number of sulfonamides is 1. The monoisotopic (exact) mass is 657 g/mol. The van der Waals surface area contributed by atoms with Crippen LogP contribution < -0.4 is 33.3 Å². The molecule has 0 bridgehead atoms. The number of nitrogens with zero attached hydrogens (tertiary/aromatic N) is 2. The Morgan fingerprint density at radius 2 is 1.37 bits per heavy atom. The van der Waals surface area contributed by atoms with Crippen LogP contribution in [0.15, 0.2) is 65.6 Å². The Morgan fingerprint density at radius 3 is 1.93 bits per heavy atom. The molecule has 0 aliphatic heterocycles. The number of carbonyl (C=O) groups excluding carboxylic acids is 2. The second-order valence-corrected chi connectivity index (χ2v) is 12.0. The molecule has 3 rings (SSSR count). The fourth-order valence-electron chi connectivity index (χ4n) is 4.82. The average molecular weight is 658 g/mol. The molecule has 3 aromatic carbocycles. The van der Waals surface area contributed by atoms with Gasteiger partial charge in [0, 0.05) is 25.2 Å². The molecule has 0 aliphatic rings. The van der Waals surface area contributed by atoms with Gasteiger partial charge in [0.05, 0.1) is 46.1 Å². The van der Waals surface area contributed by atoms with E-state index in [0.29, 0.717) is 36.6 Å². The molecule has 0 heterocycles. The molecule has 0 aliphatic carbocycles. The second-order valence-electron chi connectivity index (χ2n) is 10.2. The average Bonchev–Trinajstić information content (AvgIpc) is 3.08. The molecule has 0 aromatic heterocycles. The lowest BCUT2D eigenvalue weighted by atomic mass is 10.1. The van der Waals surface area contributed by atoms with Crippen molar-refractivity contribution in [2.75, 3.05) is 52.9 Å². The molecule has 13 heteroatoms. The number of ether oxygens (including phenoxy) is 5. The zero-order chi connectivity index (χ0) is 33.9. The fraction of sp³-hybridized carbons (Fsp3) is 0.394. The summed E-state index contributed by atoms with van der Waals surface area (Å²) in [5.41, 5.74) is 0.794. The molecule has 0 saturated carbocycles. The van der Waals surface area contributed by atoms with Crippen molar-refractivity contribution in [3.63, 3.8) is 0 Å². The predicted molar refractivity (Wildman–Crippen MR) is 175 cm³/mol. The number of hydrogen-bond acceptors (Lipinski definition) is 9. The van der Waals surface area contributed by atoms with Crippen LogP contribution >= 0.6 is 0 Å². The van der Waals surface area contributed by atoms with E-state index in [1.54, 1.807) is 50.4 Å². The van der Waals surface area contributed by atoms with E-state index in [0.717, 1.165) is 9.87 Å². The van der Waals surface area contributed by atoms with Gasteiger partial charge in [-0.3, -0.25) is 13.9 Å². The standard InChI is InChI=1S/C33H43N3O9S/c1-8-18-34-33(38)27(9-2)35(21-23-10-12-24(41-3)13-11-23)32(37)22-36(28-19-25(42-4)14-16-29(28)43-5)46(39,40)26-15-17-30(44-6)31(20-26)45-7/h10-17,19-20,27H,8-9,18,21-22H2,1-7H3,(H,34,38)/t27-/m0/s1. The van der Waals surface area contributed by atoms with E-state index in [-0.39, 0.29) is 34.5 Å². The van der Waals surface area contributed by atoms with Crippen molar-refractivity contribution < 1.29 is 41.7 Å². The minimum absolute atomic E-state index is 0.0420. The van der Waals surface area contributed by atoms with Crippen LogP contribution in [0.2, 0.25) is 0 Å². The quantitative estimate of drug-likeness (QED) is 0.226. The van der Waals surface area contributed by atoms with Crippen molar-refractivity contribution in [1.82, 2.24) is 10.2 Å². The van der Waals surface area contributed by atoms with E-state index in [1.165, 1.54) is 57.6 Å². The number of methoxy groups -OCH3 is 5. The molecule has 0 radical (unpaired) electrons. The molecule has 250 valence electrons. The molecular weight excluding hydrogens is 614 g/mol. The highest BCUT2D eigenvalue weighted by Crippen LogP contribution is 2.38. The third-order valence-corrected chi connectivity index (χ3v) is 9.08. The van der Waals surface area contributed by atoms with E-state index in [2.05, 4.69) is 5.32 Å². The Labute approximate surface area is 271 Å². The summed E-state index contributed by atoms with van der Waals surface area (Å²) < 4.78 is 56.7. The van der Waals surface area contributed by atoms with Gasteiger partial charge < -0.3 is 33.9 Å². The van der Waals surface area contributed by atoms with E-state index in [9.17, 15) is 18.0 Å². The fourth-order valence-corrected chi connectivity index (χ4v) is 6.25. The van der Waals surface area contributed by atoms with Gasteiger partial charge in [0.1, 0.15) is 29.8 Å². The van der Waals surface area contributed by atoms with E-state index in [4.69, 9.17) is 23.7 Å². The summed E-state index contributed by atoms with van der Waals surface area (Å²) in [5.74, 6) is 0.738. The SMILES string of the molecule is CCCNC(=O)[C@H](CC)N(Cc1ccc(OC)cc1)C(=O)CN(c1cc(OC)ccc1OC)S(=O)(=O)c1ccc(OC)c(OC)c1. The van der Waals surface area contributed by atoms with E-state index in [1.807, 2.05) is 6.92 Å². The van der Waals surface area contributed by atoms with Crippen molar-refractivity contribution in [1.29, 1.82) is 0 Å². The normalized spacial score (nSPS) is 11.6. The van der Waals surface area contributed by atoms with Crippen LogP contribution in [-0.2, 0) is 26.2 Å². The van der Waals surface area contributed by atoms with Gasteiger partial charge in [0.25, 0.3) is 10.0 Å². The lowest BCUT2D eigenvalue weighted by Gasteiger charge is -2.33. The number of amides is 2. The van der Waals surface area contributed by atoms with E-state index >= 15 is 0 Å². The minimum atomic E-state index is -4.45. The summed E-state index contributed by atoms with van der Waals surface area (Å²) in [4.78, 5) is 29.0. The topological polar surface area (TPSA) is 133 Å². The van der Waals surface area contributed by atoms with Crippen LogP contribution in [0.3, 0.4) is 0 Å². The molecule has 1 N–H and O–H groups in total. The Balaban J connectivity index is 2.18. The number of nitrogens with one attached hydrogen (secondary N) is 1. The van der Waals surface area contributed by atoms with Crippen molar-refractivity contribution in [3.8, 4) is 28.7 Å². The molecule has 2 amide bonds. The molecule has 46 heavy (non-hydrogen) atoms. The van der Waals surface area contributed by atoms with Crippen molar-refractivity contribution in [2.45, 2.75) is 44.2 Å². The Kier molecular flexibility index (Phi) is 12.9. The lowest BCUT2D eigenvalue weighted by molar-refractivity contribution is -0.140. The maximum atomic E-state index is 14.4. The first kappa shape index (κ1) is 35.8. The number of benzene rings is 3. The number of carbonyl (C=O) groups is 2. The first-order chi connectivity index (χ1) is 22.1. The van der Waals surface area contributed by atoms with Crippen molar-refractivity contribution >= 4 is 27.5 Å². The zero-order valence-corrected chi connectivity index (χ0v) is 28.2. The molecule has 0 saturated heterocycles. The summed E-state index contributed by atoms with van der Waals surface area (Å²) in [5, 5.41) is 2.87. The van der Waals surface area contributed by atoms with Gasteiger partial charge in [-0.1, -0.05) is 26.0 Å². The molecule has 1 atom stereocenters. The maximum absolute atomic E-state index is 14.4. The summed E-state index contributed by atoms with van der Waals surface area (Å²) in [6.45, 7) is 3.54. The van der Waals surface area contributed by atoms with Crippen LogP contribution in [0.25, 0.3) is 0 Å². The molecule has 0 unspecified atom stereocenters. The number of hydrogen-bond donors (Lipinski definition) is 1. The second kappa shape index (κ2) is 16.6. The number of rotatable bonds is 17. The summed E-state index contributed by atoms with van der Waals surface area (Å²) >= 11 is 0. The van der Waals surface area contributed by atoms with Crippen molar-refractivity contribution in [3.05, 3.63) is 66.2 Å². The highest BCUT2D eigenvalue weighted by atomic mass is 32.2. The van der Waals surface area contributed by atoms with Crippen LogP contribution in [0.4, 0.5) is 5.69 Å². The van der Waals surface area contributed by atoms with Gasteiger partial charge in [-0.05, 0) is 54.8 Å². The van der Waals surface area contributed by atoms with Gasteiger partial charge in [-0.25, -0.2) is 8.42 Å². The Morgan fingerprint density at radius 1 is 0.761 bits per heavy atom. The predicted octanol–water partition coefficient (Wildman–Crippen LogP) is 4.26. The van der Waals surface area contributed by atoms with Crippen molar-refractivity contribution in [2.24, 2.45) is 0 Å². The maximum Gasteiger partial charge on any atom is 0.265 e. The van der Waals surface area contributed by atoms with Gasteiger partial charge >= 0.3 is 0 Å². The summed E-state index contributed by atoms with van der Waals surface area (Å²) in [6, 6.07) is 15.0. The smallest absolute Gasteiger partial charge is 0.265 e. The lowest BCUT2D eigenvalue weighted by Crippen LogP contribution is -2.52. The van der Waals surface area contributed by atoms with Gasteiger partial charge in [0.15, 0.2) is 11.5 Å². The van der Waals surface area contributed by atoms with Crippen LogP contribution in [0.5, 0.6) is 28.7 Å². The summed E-state index contributed by atoms with van der Waals surface area (Å²) in [6.07, 6.45) is 1.00. The van der Waals surface area contributed by atoms with Crippen LogP contribution in [-0.4, -0.2) is 79.8 Å². The molecule has 0 fully saturated rings. The Hall–Kier alpha value is -4.65. The van der Waals surface area contributed by atoms with Gasteiger partial charge in [-0.15, -0.1) is 0 Å². The zero-order valence-electron chi connectivity index (χ0n) is 27.4. The first-order valence-corrected chi connectivity index (χ1v) is 16.2. The minimum Gasteiger partial charge on any atom is -0.497 e. The van der Waals surface area contributed by atoms with E-state index < -0.39 is 28.5 Å². The highest BCUT2D eigenvalue weighted by Gasteiger charge is 2.35. The highest BCUT2D eigenvalue weighted by molar-refractivity contribution is 7.92. The Bertz CT molecular complexity index is 1580. The largest absolute Gasteiger partial charge is 0.497 e. The van der Waals surface area contributed by atoms with Crippen LogP contribution in [0, 0.1) is 0 Å². The molecule has 0 spiro atoms.